The van der Waals surface area contributed by atoms with Crippen molar-refractivity contribution in [2.24, 2.45) is 0 Å². The van der Waals surface area contributed by atoms with Gasteiger partial charge >= 0.3 is 0 Å². The molecule has 0 aromatic carbocycles. The zero-order valence-corrected chi connectivity index (χ0v) is 15.3. The zero-order valence-electron chi connectivity index (χ0n) is 14.5. The standard InChI is InChI=1S/C16H26N2O5S/c1-11(2)24-13-10-15(21)18(16(13)22)7-4-14(20)17-6-9-23-8-5-12(3)19/h11,13H,4-10H2,1-3H3,(H,17,20). The average molecular weight is 358 g/mol. The van der Waals surface area contributed by atoms with Crippen LogP contribution in [0.4, 0.5) is 0 Å². The van der Waals surface area contributed by atoms with Crippen LogP contribution < -0.4 is 5.32 Å². The van der Waals surface area contributed by atoms with Crippen LogP contribution in [0.5, 0.6) is 0 Å². The number of amides is 3. The van der Waals surface area contributed by atoms with Gasteiger partial charge in [0.25, 0.3) is 0 Å². The number of nitrogens with zero attached hydrogens (tertiary/aromatic N) is 1. The molecule has 1 heterocycles. The number of rotatable bonds is 11. The minimum absolute atomic E-state index is 0.0629. The van der Waals surface area contributed by atoms with Gasteiger partial charge in [0.2, 0.25) is 17.7 Å². The van der Waals surface area contributed by atoms with Crippen molar-refractivity contribution in [2.45, 2.75) is 50.5 Å². The summed E-state index contributed by atoms with van der Waals surface area (Å²) in [5.74, 6) is -0.573. The average Bonchev–Trinajstić information content (AvgIpc) is 2.74. The smallest absolute Gasteiger partial charge is 0.242 e. The van der Waals surface area contributed by atoms with E-state index in [1.165, 1.54) is 23.6 Å². The Balaban J connectivity index is 2.21. The molecule has 0 radical (unpaired) electrons. The first kappa shape index (κ1) is 20.6. The molecule has 0 bridgehead atoms. The Morgan fingerprint density at radius 2 is 2.00 bits per heavy atom. The second-order valence-electron chi connectivity index (χ2n) is 5.93. The minimum atomic E-state index is -0.324. The van der Waals surface area contributed by atoms with Gasteiger partial charge in [0.15, 0.2) is 0 Å². The van der Waals surface area contributed by atoms with Crippen molar-refractivity contribution < 1.29 is 23.9 Å². The van der Waals surface area contributed by atoms with Crippen molar-refractivity contribution in [1.82, 2.24) is 10.2 Å². The SMILES string of the molecule is CC(=O)CCOCCNC(=O)CCN1C(=O)CC(SC(C)C)C1=O. The highest BCUT2D eigenvalue weighted by Crippen LogP contribution is 2.28. The molecule has 0 saturated carbocycles. The van der Waals surface area contributed by atoms with Crippen molar-refractivity contribution in [3.05, 3.63) is 0 Å². The normalized spacial score (nSPS) is 17.7. The third kappa shape index (κ3) is 7.44. The first-order valence-corrected chi connectivity index (χ1v) is 9.09. The number of imide groups is 1. The van der Waals surface area contributed by atoms with Crippen LogP contribution in [0.1, 0.15) is 40.0 Å². The fraction of sp³-hybridized carbons (Fsp3) is 0.750. The molecule has 1 rings (SSSR count). The largest absolute Gasteiger partial charge is 0.379 e. The van der Waals surface area contributed by atoms with Crippen LogP contribution in [-0.4, -0.2) is 65.2 Å². The lowest BCUT2D eigenvalue weighted by Gasteiger charge is -2.15. The quantitative estimate of drug-likeness (QED) is 0.433. The van der Waals surface area contributed by atoms with E-state index in [0.29, 0.717) is 26.2 Å². The van der Waals surface area contributed by atoms with E-state index in [1.54, 1.807) is 0 Å². The lowest BCUT2D eigenvalue weighted by Crippen LogP contribution is -2.36. The molecule has 1 aliphatic rings. The molecule has 1 unspecified atom stereocenters. The van der Waals surface area contributed by atoms with Gasteiger partial charge in [-0.2, -0.15) is 0 Å². The summed E-state index contributed by atoms with van der Waals surface area (Å²) >= 11 is 1.48. The molecule has 3 amide bonds. The van der Waals surface area contributed by atoms with Crippen LogP contribution >= 0.6 is 11.8 Å². The van der Waals surface area contributed by atoms with Gasteiger partial charge in [0, 0.05) is 32.4 Å². The maximum atomic E-state index is 12.2. The van der Waals surface area contributed by atoms with Crippen molar-refractivity contribution in [1.29, 1.82) is 0 Å². The van der Waals surface area contributed by atoms with E-state index < -0.39 is 0 Å². The maximum Gasteiger partial charge on any atom is 0.242 e. The number of hydrogen-bond donors (Lipinski definition) is 1. The van der Waals surface area contributed by atoms with Gasteiger partial charge < -0.3 is 10.1 Å². The monoisotopic (exact) mass is 358 g/mol. The van der Waals surface area contributed by atoms with Gasteiger partial charge in [-0.15, -0.1) is 11.8 Å². The summed E-state index contributed by atoms with van der Waals surface area (Å²) in [6.07, 6.45) is 0.667. The Hall–Kier alpha value is -1.41. The van der Waals surface area contributed by atoms with E-state index in [-0.39, 0.29) is 53.4 Å². The van der Waals surface area contributed by atoms with Gasteiger partial charge in [-0.1, -0.05) is 13.8 Å². The van der Waals surface area contributed by atoms with E-state index in [1.807, 2.05) is 13.8 Å². The molecule has 24 heavy (non-hydrogen) atoms. The van der Waals surface area contributed by atoms with Gasteiger partial charge in [-0.25, -0.2) is 0 Å². The number of likely N-dealkylation sites (tertiary alicyclic amines) is 1. The number of ketones is 1. The van der Waals surface area contributed by atoms with Crippen molar-refractivity contribution in [3.63, 3.8) is 0 Å². The Kier molecular flexibility index (Phi) is 8.99. The van der Waals surface area contributed by atoms with E-state index in [0.717, 1.165) is 0 Å². The predicted molar refractivity (Wildman–Crippen MR) is 91.6 cm³/mol. The lowest BCUT2D eigenvalue weighted by atomic mass is 10.3. The van der Waals surface area contributed by atoms with Crippen LogP contribution in [0.2, 0.25) is 0 Å². The summed E-state index contributed by atoms with van der Waals surface area (Å²) in [4.78, 5) is 47.7. The Morgan fingerprint density at radius 3 is 2.62 bits per heavy atom. The van der Waals surface area contributed by atoms with Crippen LogP contribution in [0, 0.1) is 0 Å². The molecule has 136 valence electrons. The highest BCUT2D eigenvalue weighted by Gasteiger charge is 2.39. The second-order valence-corrected chi connectivity index (χ2v) is 7.71. The van der Waals surface area contributed by atoms with Crippen molar-refractivity contribution in [2.75, 3.05) is 26.3 Å². The number of ether oxygens (including phenoxy) is 1. The van der Waals surface area contributed by atoms with E-state index in [2.05, 4.69) is 5.32 Å². The van der Waals surface area contributed by atoms with Gasteiger partial charge in [0.05, 0.1) is 18.5 Å². The number of carbonyl (C=O) groups excluding carboxylic acids is 4. The molecular weight excluding hydrogens is 332 g/mol. The number of thioether (sulfide) groups is 1. The molecule has 1 atom stereocenters. The van der Waals surface area contributed by atoms with E-state index in [9.17, 15) is 19.2 Å². The van der Waals surface area contributed by atoms with Crippen molar-refractivity contribution >= 4 is 35.3 Å². The highest BCUT2D eigenvalue weighted by molar-refractivity contribution is 8.01. The third-order valence-corrected chi connectivity index (χ3v) is 4.61. The van der Waals surface area contributed by atoms with Crippen LogP contribution in [0.25, 0.3) is 0 Å². The van der Waals surface area contributed by atoms with E-state index in [4.69, 9.17) is 4.74 Å². The third-order valence-electron chi connectivity index (χ3n) is 3.37. The molecule has 0 aromatic heterocycles. The van der Waals surface area contributed by atoms with Crippen molar-refractivity contribution in [3.8, 4) is 0 Å². The summed E-state index contributed by atoms with van der Waals surface area (Å²) in [5, 5.41) is 2.62. The van der Waals surface area contributed by atoms with Crippen LogP contribution in [0.15, 0.2) is 0 Å². The number of nitrogens with one attached hydrogen (secondary N) is 1. The first-order valence-electron chi connectivity index (χ1n) is 8.14. The molecular formula is C16H26N2O5S. The van der Waals surface area contributed by atoms with E-state index >= 15 is 0 Å². The summed E-state index contributed by atoms with van der Waals surface area (Å²) in [5.41, 5.74) is 0. The van der Waals surface area contributed by atoms with Gasteiger partial charge in [-0.3, -0.25) is 24.1 Å². The predicted octanol–water partition coefficient (Wildman–Crippen LogP) is 0.758. The number of carbonyl (C=O) groups is 4. The van der Waals surface area contributed by atoms with Gasteiger partial charge in [0.1, 0.15) is 5.78 Å². The molecule has 1 fully saturated rings. The molecule has 8 heteroatoms. The Bertz CT molecular complexity index is 481. The number of hydrogen-bond acceptors (Lipinski definition) is 6. The summed E-state index contributed by atoms with van der Waals surface area (Å²) in [6.45, 7) is 6.59. The molecule has 1 N–H and O–H groups in total. The molecule has 7 nitrogen and oxygen atoms in total. The fourth-order valence-corrected chi connectivity index (χ4v) is 3.34. The van der Waals surface area contributed by atoms with Gasteiger partial charge in [-0.05, 0) is 12.2 Å². The first-order chi connectivity index (χ1) is 11.3. The zero-order chi connectivity index (χ0) is 18.1. The summed E-state index contributed by atoms with van der Waals surface area (Å²) < 4.78 is 5.20. The second kappa shape index (κ2) is 10.5. The van der Waals surface area contributed by atoms with Crippen LogP contribution in [0.3, 0.4) is 0 Å². The fourth-order valence-electron chi connectivity index (χ4n) is 2.20. The molecule has 0 spiro atoms. The maximum absolute atomic E-state index is 12.2. The lowest BCUT2D eigenvalue weighted by molar-refractivity contribution is -0.138. The molecule has 1 aliphatic heterocycles. The Morgan fingerprint density at radius 1 is 1.29 bits per heavy atom. The molecule has 0 aliphatic carbocycles. The topological polar surface area (TPSA) is 92.8 Å². The van der Waals surface area contributed by atoms with Crippen LogP contribution in [-0.2, 0) is 23.9 Å². The summed E-state index contributed by atoms with van der Waals surface area (Å²) in [6, 6.07) is 0. The molecule has 1 saturated heterocycles. The Labute approximate surface area is 146 Å². The molecule has 0 aromatic rings. The number of Topliss-reactive ketones (excluding diaryl/α,β-unsaturated/α-hetero) is 1. The minimum Gasteiger partial charge on any atom is -0.379 e. The highest BCUT2D eigenvalue weighted by atomic mass is 32.2. The summed E-state index contributed by atoms with van der Waals surface area (Å²) in [7, 11) is 0.